The Morgan fingerprint density at radius 1 is 1.38 bits per heavy atom. The van der Waals surface area contributed by atoms with Gasteiger partial charge in [-0.05, 0) is 18.6 Å². The molecule has 0 spiro atoms. The number of nitrogens with zero attached hydrogens (tertiary/aromatic N) is 4. The summed E-state index contributed by atoms with van der Waals surface area (Å²) in [5.74, 6) is 1.11. The molecule has 0 saturated carbocycles. The third kappa shape index (κ3) is 1.89. The van der Waals surface area contributed by atoms with Gasteiger partial charge in [-0.25, -0.2) is 15.0 Å². The van der Waals surface area contributed by atoms with Gasteiger partial charge in [0.1, 0.15) is 0 Å². The highest BCUT2D eigenvalue weighted by atomic mass is 32.1. The molecule has 1 aromatic carbocycles. The molecule has 0 saturated heterocycles. The molecule has 0 fully saturated rings. The molecule has 4 rings (SSSR count). The van der Waals surface area contributed by atoms with Crippen molar-refractivity contribution in [1.29, 1.82) is 0 Å². The van der Waals surface area contributed by atoms with Crippen molar-refractivity contribution < 1.29 is 0 Å². The predicted molar refractivity (Wildman–Crippen MR) is 84.6 cm³/mol. The molecule has 0 aliphatic carbocycles. The first-order chi connectivity index (χ1) is 10.3. The first-order valence-electron chi connectivity index (χ1n) is 6.78. The van der Waals surface area contributed by atoms with Crippen LogP contribution in [0.5, 0.6) is 0 Å². The lowest BCUT2D eigenvalue weighted by atomic mass is 10.3. The normalized spacial score (nSPS) is 17.4. The number of imidazole rings is 1. The first kappa shape index (κ1) is 12.3. The highest BCUT2D eigenvalue weighted by Gasteiger charge is 2.26. The van der Waals surface area contributed by atoms with E-state index in [2.05, 4.69) is 31.8 Å². The number of anilines is 1. The number of hydrogen-bond acceptors (Lipinski definition) is 6. The molecular weight excluding hydrogens is 284 g/mol. The number of rotatable bonds is 2. The Balaban J connectivity index is 1.93. The van der Waals surface area contributed by atoms with Gasteiger partial charge in [0.2, 0.25) is 5.95 Å². The largest absolute Gasteiger partial charge is 0.370 e. The van der Waals surface area contributed by atoms with E-state index >= 15 is 0 Å². The maximum atomic E-state index is 5.91. The average molecular weight is 298 g/mol. The number of fused-ring (bicyclic) bond motifs is 3. The molecule has 0 amide bonds. The van der Waals surface area contributed by atoms with Gasteiger partial charge in [0, 0.05) is 6.20 Å². The van der Waals surface area contributed by atoms with Crippen molar-refractivity contribution in [2.45, 2.75) is 19.5 Å². The summed E-state index contributed by atoms with van der Waals surface area (Å²) in [7, 11) is 0. The summed E-state index contributed by atoms with van der Waals surface area (Å²) in [5, 5.41) is 4.13. The molecule has 6 nitrogen and oxygen atoms in total. The van der Waals surface area contributed by atoms with Gasteiger partial charge in [-0.2, -0.15) is 0 Å². The standard InChI is InChI=1S/C14H14N6S/c1-2-11-16-7-10(21-11)12-18-13(15)19-14-17-8-5-3-4-6-9(8)20(12)14/h3-7,12H,2H2,1H3,(H3,15,17,18,19). The van der Waals surface area contributed by atoms with Crippen molar-refractivity contribution in [3.05, 3.63) is 40.3 Å². The van der Waals surface area contributed by atoms with E-state index in [0.29, 0.717) is 5.96 Å². The van der Waals surface area contributed by atoms with E-state index in [-0.39, 0.29) is 6.17 Å². The lowest BCUT2D eigenvalue weighted by Crippen LogP contribution is -2.31. The average Bonchev–Trinajstić information content (AvgIpc) is 3.10. The summed E-state index contributed by atoms with van der Waals surface area (Å²) in [6.07, 6.45) is 2.60. The van der Waals surface area contributed by atoms with Gasteiger partial charge in [-0.15, -0.1) is 11.3 Å². The highest BCUT2D eigenvalue weighted by molar-refractivity contribution is 7.11. The first-order valence-corrected chi connectivity index (χ1v) is 7.60. The fraction of sp³-hybridized carbons (Fsp3) is 0.214. The molecule has 7 heteroatoms. The van der Waals surface area contributed by atoms with Gasteiger partial charge < -0.3 is 5.73 Å². The van der Waals surface area contributed by atoms with Gasteiger partial charge in [0.05, 0.1) is 20.9 Å². The number of nitrogens with one attached hydrogen (secondary N) is 1. The van der Waals surface area contributed by atoms with E-state index in [0.717, 1.165) is 33.3 Å². The Kier molecular flexibility index (Phi) is 2.68. The van der Waals surface area contributed by atoms with Crippen molar-refractivity contribution in [3.8, 4) is 0 Å². The summed E-state index contributed by atoms with van der Waals surface area (Å²) >= 11 is 1.67. The Bertz CT molecular complexity index is 846. The summed E-state index contributed by atoms with van der Waals surface area (Å²) in [6.45, 7) is 2.10. The van der Waals surface area contributed by atoms with Gasteiger partial charge in [-0.1, -0.05) is 19.1 Å². The van der Waals surface area contributed by atoms with Gasteiger partial charge in [-0.3, -0.25) is 9.88 Å². The zero-order valence-electron chi connectivity index (χ0n) is 11.4. The number of aromatic nitrogens is 3. The second-order valence-corrected chi connectivity index (χ2v) is 5.96. The number of guanidine groups is 1. The van der Waals surface area contributed by atoms with Crippen molar-refractivity contribution in [2.24, 2.45) is 10.7 Å². The van der Waals surface area contributed by atoms with Gasteiger partial charge >= 0.3 is 0 Å². The number of para-hydroxylation sites is 2. The number of nitrogens with two attached hydrogens (primary N) is 1. The van der Waals surface area contributed by atoms with Crippen LogP contribution in [0, 0.1) is 0 Å². The molecule has 2 aromatic heterocycles. The minimum absolute atomic E-state index is 0.202. The van der Waals surface area contributed by atoms with Crippen LogP contribution in [0.1, 0.15) is 23.0 Å². The van der Waals surface area contributed by atoms with Crippen LogP contribution in [0.3, 0.4) is 0 Å². The van der Waals surface area contributed by atoms with Crippen molar-refractivity contribution in [3.63, 3.8) is 0 Å². The van der Waals surface area contributed by atoms with E-state index in [1.807, 2.05) is 30.5 Å². The van der Waals surface area contributed by atoms with E-state index < -0.39 is 0 Å². The summed E-state index contributed by atoms with van der Waals surface area (Å²) in [4.78, 5) is 14.6. The molecule has 106 valence electrons. The van der Waals surface area contributed by atoms with Crippen LogP contribution < -0.4 is 11.1 Å². The third-order valence-electron chi connectivity index (χ3n) is 3.47. The summed E-state index contributed by atoms with van der Waals surface area (Å²) < 4.78 is 2.07. The number of aryl methyl sites for hydroxylation is 1. The molecule has 3 N–H and O–H groups in total. The van der Waals surface area contributed by atoms with Gasteiger partial charge in [0.25, 0.3) is 0 Å². The van der Waals surface area contributed by atoms with Crippen LogP contribution in [-0.4, -0.2) is 20.5 Å². The number of thiazole rings is 1. The maximum Gasteiger partial charge on any atom is 0.212 e. The lowest BCUT2D eigenvalue weighted by molar-refractivity contribution is 0.636. The van der Waals surface area contributed by atoms with Crippen molar-refractivity contribution in [1.82, 2.24) is 14.5 Å². The van der Waals surface area contributed by atoms with E-state index in [1.165, 1.54) is 0 Å². The molecular formula is C14H14N6S. The molecule has 0 bridgehead atoms. The molecule has 1 aliphatic heterocycles. The Morgan fingerprint density at radius 3 is 3.05 bits per heavy atom. The second kappa shape index (κ2) is 4.56. The van der Waals surface area contributed by atoms with Crippen LogP contribution in [0.15, 0.2) is 35.5 Å². The maximum absolute atomic E-state index is 5.91. The lowest BCUT2D eigenvalue weighted by Gasteiger charge is -2.22. The summed E-state index contributed by atoms with van der Waals surface area (Å²) in [5.41, 5.74) is 7.87. The van der Waals surface area contributed by atoms with E-state index in [9.17, 15) is 0 Å². The van der Waals surface area contributed by atoms with Crippen molar-refractivity contribution in [2.75, 3.05) is 5.32 Å². The molecule has 1 aliphatic rings. The van der Waals surface area contributed by atoms with Crippen LogP contribution in [-0.2, 0) is 6.42 Å². The number of hydrogen-bond donors (Lipinski definition) is 2. The number of aliphatic imine (C=N–C) groups is 1. The van der Waals surface area contributed by atoms with Crippen molar-refractivity contribution >= 4 is 34.3 Å². The van der Waals surface area contributed by atoms with Crippen LogP contribution >= 0.6 is 11.3 Å². The molecule has 3 aromatic rings. The van der Waals surface area contributed by atoms with Crippen LogP contribution in [0.2, 0.25) is 0 Å². The van der Waals surface area contributed by atoms with Gasteiger partial charge in [0.15, 0.2) is 12.1 Å². The van der Waals surface area contributed by atoms with Crippen LogP contribution in [0.25, 0.3) is 11.0 Å². The van der Waals surface area contributed by atoms with Crippen LogP contribution in [0.4, 0.5) is 5.95 Å². The van der Waals surface area contributed by atoms with E-state index in [4.69, 9.17) is 5.73 Å². The smallest absolute Gasteiger partial charge is 0.212 e. The Hall–Kier alpha value is -2.41. The third-order valence-corrected chi connectivity index (χ3v) is 4.65. The Labute approximate surface area is 125 Å². The fourth-order valence-electron chi connectivity index (χ4n) is 2.51. The molecule has 21 heavy (non-hydrogen) atoms. The predicted octanol–water partition coefficient (Wildman–Crippen LogP) is 2.34. The van der Waals surface area contributed by atoms with E-state index in [1.54, 1.807) is 11.3 Å². The SMILES string of the molecule is CCc1ncc(C2N=C(N)Nc3nc4ccccc4n32)s1. The topological polar surface area (TPSA) is 81.1 Å². The zero-order valence-corrected chi connectivity index (χ0v) is 12.3. The highest BCUT2D eigenvalue weighted by Crippen LogP contribution is 2.34. The Morgan fingerprint density at radius 2 is 2.24 bits per heavy atom. The quantitative estimate of drug-likeness (QED) is 0.761. The molecule has 0 radical (unpaired) electrons. The fourth-order valence-corrected chi connectivity index (χ4v) is 3.41. The molecule has 1 atom stereocenters. The monoisotopic (exact) mass is 298 g/mol. The molecule has 3 heterocycles. The minimum Gasteiger partial charge on any atom is -0.370 e. The zero-order chi connectivity index (χ0) is 14.4. The molecule has 1 unspecified atom stereocenters. The number of benzene rings is 1. The minimum atomic E-state index is -0.202. The second-order valence-electron chi connectivity index (χ2n) is 4.82. The summed E-state index contributed by atoms with van der Waals surface area (Å²) in [6, 6.07) is 8.00.